The number of thioether (sulfide) groups is 1. The molecule has 0 spiro atoms. The highest BCUT2D eigenvalue weighted by molar-refractivity contribution is 8.02. The van der Waals surface area contributed by atoms with Gasteiger partial charge in [-0.2, -0.15) is 13.2 Å². The van der Waals surface area contributed by atoms with Gasteiger partial charge in [-0.15, -0.1) is 5.73 Å². The van der Waals surface area contributed by atoms with Gasteiger partial charge in [-0.05, 0) is 35.5 Å². The second-order valence-corrected chi connectivity index (χ2v) is 5.97. The van der Waals surface area contributed by atoms with Crippen LogP contribution in [0, 0.1) is 0 Å². The molecule has 1 rings (SSSR count). The average molecular weight is 372 g/mol. The van der Waals surface area contributed by atoms with Crippen molar-refractivity contribution in [2.24, 2.45) is 0 Å². The Bertz CT molecular complexity index is 704. The third-order valence-corrected chi connectivity index (χ3v) is 3.95. The zero-order valence-corrected chi connectivity index (χ0v) is 14.2. The molecule has 25 heavy (non-hydrogen) atoms. The summed E-state index contributed by atoms with van der Waals surface area (Å²) in [6, 6.07) is 5.90. The van der Waals surface area contributed by atoms with Crippen LogP contribution in [0.15, 0.2) is 48.7 Å². The molecule has 1 atom stereocenters. The van der Waals surface area contributed by atoms with Gasteiger partial charge in [0.1, 0.15) is 0 Å². The van der Waals surface area contributed by atoms with E-state index in [1.165, 1.54) is 37.5 Å². The fourth-order valence-corrected chi connectivity index (χ4v) is 2.68. The summed E-state index contributed by atoms with van der Waals surface area (Å²) in [6.45, 7) is 3.23. The largest absolute Gasteiger partial charge is 0.467 e. The van der Waals surface area contributed by atoms with Crippen molar-refractivity contribution in [3.63, 3.8) is 0 Å². The number of methoxy groups -OCH3 is 2. The van der Waals surface area contributed by atoms with Crippen molar-refractivity contribution >= 4 is 29.8 Å². The maximum atomic E-state index is 12.9. The molecule has 1 aromatic rings. The topological polar surface area (TPSA) is 52.6 Å². The molecular formula is C17H15F3O4S. The van der Waals surface area contributed by atoms with E-state index in [0.29, 0.717) is 5.56 Å². The monoisotopic (exact) mass is 372 g/mol. The van der Waals surface area contributed by atoms with Crippen LogP contribution in [0.4, 0.5) is 13.2 Å². The number of hydrogen-bond acceptors (Lipinski definition) is 5. The van der Waals surface area contributed by atoms with Gasteiger partial charge in [-0.3, -0.25) is 0 Å². The molecule has 0 N–H and O–H groups in total. The van der Waals surface area contributed by atoms with Gasteiger partial charge in [0.25, 0.3) is 0 Å². The van der Waals surface area contributed by atoms with Crippen LogP contribution < -0.4 is 0 Å². The maximum Gasteiger partial charge on any atom is 0.443 e. The maximum absolute atomic E-state index is 12.9. The van der Waals surface area contributed by atoms with E-state index in [-0.39, 0.29) is 5.56 Å². The Kier molecular flexibility index (Phi) is 7.09. The minimum absolute atomic E-state index is 0.287. The van der Waals surface area contributed by atoms with Crippen molar-refractivity contribution in [2.45, 2.75) is 10.3 Å². The number of rotatable bonds is 6. The van der Waals surface area contributed by atoms with Crippen molar-refractivity contribution in [1.82, 2.24) is 0 Å². The molecule has 8 heteroatoms. The van der Waals surface area contributed by atoms with Crippen molar-refractivity contribution in [3.8, 4) is 0 Å². The van der Waals surface area contributed by atoms with Gasteiger partial charge >= 0.3 is 17.4 Å². The number of halogens is 3. The molecule has 0 fully saturated rings. The summed E-state index contributed by atoms with van der Waals surface area (Å²) in [5.74, 6) is -1.66. The van der Waals surface area contributed by atoms with Crippen LogP contribution in [0.2, 0.25) is 0 Å². The molecule has 0 bridgehead atoms. The Morgan fingerprint density at radius 3 is 2.20 bits per heavy atom. The van der Waals surface area contributed by atoms with Crippen LogP contribution in [-0.4, -0.2) is 36.4 Å². The van der Waals surface area contributed by atoms with E-state index in [1.807, 2.05) is 0 Å². The fourth-order valence-electron chi connectivity index (χ4n) is 1.85. The predicted octanol–water partition coefficient (Wildman–Crippen LogP) is 3.99. The summed E-state index contributed by atoms with van der Waals surface area (Å²) in [4.78, 5) is 23.3. The second kappa shape index (κ2) is 8.60. The lowest BCUT2D eigenvalue weighted by Crippen LogP contribution is -2.35. The molecule has 0 amide bonds. The molecule has 0 heterocycles. The van der Waals surface area contributed by atoms with Gasteiger partial charge in [-0.25, -0.2) is 9.59 Å². The Labute approximate surface area is 147 Å². The van der Waals surface area contributed by atoms with Crippen molar-refractivity contribution in [3.05, 3.63) is 59.9 Å². The number of alkyl halides is 3. The number of esters is 2. The van der Waals surface area contributed by atoms with E-state index in [1.54, 1.807) is 0 Å². The number of carbonyl (C=O) groups excluding carboxylic acids is 2. The lowest BCUT2D eigenvalue weighted by Gasteiger charge is -2.24. The first-order valence-corrected chi connectivity index (χ1v) is 7.59. The molecule has 0 aliphatic heterocycles. The van der Waals surface area contributed by atoms with E-state index >= 15 is 0 Å². The van der Waals surface area contributed by atoms with Crippen molar-refractivity contribution < 1.29 is 32.2 Å². The normalized spacial score (nSPS) is 13.6. The summed E-state index contributed by atoms with van der Waals surface area (Å²) < 4.78 is 45.5. The number of hydrogen-bond donors (Lipinski definition) is 0. The molecule has 0 aliphatic carbocycles. The predicted molar refractivity (Wildman–Crippen MR) is 88.9 cm³/mol. The van der Waals surface area contributed by atoms with E-state index < -0.39 is 34.0 Å². The van der Waals surface area contributed by atoms with E-state index in [4.69, 9.17) is 0 Å². The summed E-state index contributed by atoms with van der Waals surface area (Å²) >= 11 is -0.556. The Morgan fingerprint density at radius 1 is 1.16 bits per heavy atom. The van der Waals surface area contributed by atoms with Gasteiger partial charge in [0.15, 0.2) is 4.75 Å². The van der Waals surface area contributed by atoms with E-state index in [2.05, 4.69) is 21.8 Å². The Hall–Kier alpha value is -2.44. The van der Waals surface area contributed by atoms with Gasteiger partial charge in [0.05, 0.1) is 19.8 Å². The van der Waals surface area contributed by atoms with Gasteiger partial charge < -0.3 is 9.47 Å². The highest BCUT2D eigenvalue weighted by Crippen LogP contribution is 2.43. The number of ether oxygens (including phenoxy) is 2. The first kappa shape index (κ1) is 20.6. The minimum Gasteiger partial charge on any atom is -0.467 e. The van der Waals surface area contributed by atoms with Crippen LogP contribution in [0.5, 0.6) is 0 Å². The average Bonchev–Trinajstić information content (AvgIpc) is 2.57. The van der Waals surface area contributed by atoms with Gasteiger partial charge in [0, 0.05) is 0 Å². The summed E-state index contributed by atoms with van der Waals surface area (Å²) in [7, 11) is 2.22. The lowest BCUT2D eigenvalue weighted by molar-refractivity contribution is -0.141. The van der Waals surface area contributed by atoms with Crippen LogP contribution in [-0.2, 0) is 14.3 Å². The first-order valence-electron chi connectivity index (χ1n) is 6.77. The zero-order valence-electron chi connectivity index (χ0n) is 13.4. The van der Waals surface area contributed by atoms with Gasteiger partial charge in [0.2, 0.25) is 0 Å². The van der Waals surface area contributed by atoms with Crippen LogP contribution in [0.3, 0.4) is 0 Å². The van der Waals surface area contributed by atoms with Crippen LogP contribution >= 0.6 is 11.8 Å². The van der Waals surface area contributed by atoms with Crippen LogP contribution in [0.1, 0.15) is 15.9 Å². The Balaban J connectivity index is 3.23. The quantitative estimate of drug-likeness (QED) is 0.558. The molecule has 1 aromatic carbocycles. The molecule has 134 valence electrons. The SMILES string of the molecule is C=C=CC(/C=C/c1ccc(C(=O)OC)cc1)(SC(F)(F)F)C(=O)OC. The van der Waals surface area contributed by atoms with Crippen LogP contribution in [0.25, 0.3) is 6.08 Å². The lowest BCUT2D eigenvalue weighted by atomic mass is 10.1. The smallest absolute Gasteiger partial charge is 0.443 e. The molecular weight excluding hydrogens is 357 g/mol. The summed E-state index contributed by atoms with van der Waals surface area (Å²) in [6.07, 6.45) is 3.24. The van der Waals surface area contributed by atoms with Gasteiger partial charge in [-0.1, -0.05) is 30.9 Å². The molecule has 0 aliphatic rings. The standard InChI is InChI=1S/C17H15F3O4S/c1-4-10-16(15(22)24-3,25-17(18,19)20)11-9-12-5-7-13(8-6-12)14(21)23-2/h5-11H,1H2,2-3H3/b11-9+. The molecule has 0 saturated carbocycles. The molecule has 0 radical (unpaired) electrons. The highest BCUT2D eigenvalue weighted by atomic mass is 32.2. The number of carbonyl (C=O) groups is 2. The zero-order chi connectivity index (χ0) is 19.1. The molecule has 0 aromatic heterocycles. The molecule has 1 unspecified atom stereocenters. The summed E-state index contributed by atoms with van der Waals surface area (Å²) in [5.41, 5.74) is -1.73. The third kappa shape index (κ3) is 5.85. The van der Waals surface area contributed by atoms with E-state index in [9.17, 15) is 22.8 Å². The Morgan fingerprint density at radius 2 is 1.76 bits per heavy atom. The molecule has 0 saturated heterocycles. The van der Waals surface area contributed by atoms with Crippen molar-refractivity contribution in [2.75, 3.05) is 14.2 Å². The number of benzene rings is 1. The summed E-state index contributed by atoms with van der Waals surface area (Å²) in [5, 5.41) is 0. The second-order valence-electron chi connectivity index (χ2n) is 4.63. The fraction of sp³-hybridized carbons (Fsp3) is 0.235. The third-order valence-electron chi connectivity index (χ3n) is 2.96. The highest BCUT2D eigenvalue weighted by Gasteiger charge is 2.46. The first-order chi connectivity index (χ1) is 11.7. The van der Waals surface area contributed by atoms with E-state index in [0.717, 1.165) is 19.3 Å². The minimum atomic E-state index is -4.69. The van der Waals surface area contributed by atoms with Crippen molar-refractivity contribution in [1.29, 1.82) is 0 Å². The molecule has 4 nitrogen and oxygen atoms in total.